The van der Waals surface area contributed by atoms with Crippen molar-refractivity contribution < 1.29 is 9.90 Å². The molecule has 1 amide bonds. The van der Waals surface area contributed by atoms with Crippen LogP contribution in [0.15, 0.2) is 12.4 Å². The van der Waals surface area contributed by atoms with E-state index in [2.05, 4.69) is 15.3 Å². The van der Waals surface area contributed by atoms with Crippen LogP contribution in [0.25, 0.3) is 0 Å². The van der Waals surface area contributed by atoms with Crippen molar-refractivity contribution in [3.63, 3.8) is 0 Å². The largest absolute Gasteiger partial charge is 0.395 e. The first-order valence-corrected chi connectivity index (χ1v) is 6.13. The number of aliphatic hydroxyl groups is 1. The minimum absolute atomic E-state index is 0.0486. The summed E-state index contributed by atoms with van der Waals surface area (Å²) in [6.07, 6.45) is 4.44. The average Bonchev–Trinajstić information content (AvgIpc) is 2.44. The third kappa shape index (κ3) is 2.98. The quantitative estimate of drug-likeness (QED) is 0.774. The van der Waals surface area contributed by atoms with Gasteiger partial charge >= 0.3 is 0 Å². The van der Waals surface area contributed by atoms with Crippen LogP contribution in [0.5, 0.6) is 0 Å². The highest BCUT2D eigenvalue weighted by Gasteiger charge is 2.29. The zero-order valence-electron chi connectivity index (χ0n) is 10.4. The zero-order chi connectivity index (χ0) is 13.7. The van der Waals surface area contributed by atoms with Crippen LogP contribution in [0, 0.1) is 11.3 Å². The molecule has 7 nitrogen and oxygen atoms in total. The summed E-state index contributed by atoms with van der Waals surface area (Å²) in [6.45, 7) is 0.943. The van der Waals surface area contributed by atoms with Crippen molar-refractivity contribution in [2.45, 2.75) is 18.9 Å². The van der Waals surface area contributed by atoms with E-state index in [9.17, 15) is 4.79 Å². The molecule has 1 saturated heterocycles. The maximum absolute atomic E-state index is 12.1. The highest BCUT2D eigenvalue weighted by molar-refractivity contribution is 5.85. The first-order chi connectivity index (χ1) is 9.26. The number of hydrogen-bond acceptors (Lipinski definition) is 6. The van der Waals surface area contributed by atoms with Gasteiger partial charge in [-0.3, -0.25) is 4.79 Å². The van der Waals surface area contributed by atoms with Crippen LogP contribution in [0.4, 0.5) is 5.82 Å². The van der Waals surface area contributed by atoms with Gasteiger partial charge in [0.15, 0.2) is 11.5 Å². The topological polar surface area (TPSA) is 102 Å². The number of aromatic nitrogens is 2. The van der Waals surface area contributed by atoms with Gasteiger partial charge in [0.25, 0.3) is 0 Å². The number of aliphatic hydroxyl groups excluding tert-OH is 1. The number of β-amino-alcohol motifs (C(OH)–C–C–N with tert-alkyl or cyclic N) is 1. The summed E-state index contributed by atoms with van der Waals surface area (Å²) in [5.74, 6) is 0.254. The molecular formula is C12H15N5O2. The van der Waals surface area contributed by atoms with Gasteiger partial charge in [-0.1, -0.05) is 0 Å². The molecule has 0 aromatic carbocycles. The van der Waals surface area contributed by atoms with Crippen molar-refractivity contribution in [1.82, 2.24) is 14.9 Å². The van der Waals surface area contributed by atoms with E-state index in [1.165, 1.54) is 12.4 Å². The zero-order valence-corrected chi connectivity index (χ0v) is 10.4. The molecule has 1 aromatic rings. The summed E-state index contributed by atoms with van der Waals surface area (Å²) in [4.78, 5) is 21.7. The van der Waals surface area contributed by atoms with Gasteiger partial charge in [-0.25, -0.2) is 9.97 Å². The molecule has 1 fully saturated rings. The monoisotopic (exact) mass is 261 g/mol. The van der Waals surface area contributed by atoms with E-state index >= 15 is 0 Å². The fourth-order valence-corrected chi connectivity index (χ4v) is 2.11. The second kappa shape index (κ2) is 6.11. The molecule has 0 bridgehead atoms. The van der Waals surface area contributed by atoms with Crippen LogP contribution in [-0.2, 0) is 4.79 Å². The number of anilines is 1. The molecule has 1 atom stereocenters. The normalized spacial score (nSPS) is 19.1. The van der Waals surface area contributed by atoms with Crippen LogP contribution in [0.2, 0.25) is 0 Å². The number of nitriles is 1. The van der Waals surface area contributed by atoms with Crippen LogP contribution in [0.3, 0.4) is 0 Å². The molecule has 2 N–H and O–H groups in total. The first-order valence-electron chi connectivity index (χ1n) is 6.13. The van der Waals surface area contributed by atoms with Gasteiger partial charge in [0.05, 0.1) is 6.61 Å². The summed E-state index contributed by atoms with van der Waals surface area (Å²) in [7, 11) is 0. The molecule has 1 aliphatic heterocycles. The molecule has 2 rings (SSSR count). The van der Waals surface area contributed by atoms with E-state index in [4.69, 9.17) is 10.4 Å². The summed E-state index contributed by atoms with van der Waals surface area (Å²) in [6, 6.07) is 1.52. The molecule has 2 heterocycles. The highest BCUT2D eigenvalue weighted by atomic mass is 16.3. The molecule has 1 aromatic heterocycles. The first kappa shape index (κ1) is 13.2. The molecule has 0 spiro atoms. The third-order valence-corrected chi connectivity index (χ3v) is 3.02. The summed E-state index contributed by atoms with van der Waals surface area (Å²) >= 11 is 0. The molecule has 7 heteroatoms. The lowest BCUT2D eigenvalue weighted by Crippen LogP contribution is -2.48. The van der Waals surface area contributed by atoms with Crippen LogP contribution >= 0.6 is 0 Å². The Morgan fingerprint density at radius 2 is 2.32 bits per heavy atom. The lowest BCUT2D eigenvalue weighted by molar-refractivity contribution is -0.134. The maximum atomic E-state index is 12.1. The van der Waals surface area contributed by atoms with Crippen molar-refractivity contribution in [2.75, 3.05) is 25.0 Å². The molecule has 0 aliphatic carbocycles. The molecule has 100 valence electrons. The predicted molar refractivity (Wildman–Crippen MR) is 67.1 cm³/mol. The Balaban J connectivity index is 2.10. The molecule has 0 saturated carbocycles. The SMILES string of the molecule is N#Cc1nccnc1N[C@H]1CCCN(CCO)C1=O. The van der Waals surface area contributed by atoms with Crippen molar-refractivity contribution >= 4 is 11.7 Å². The Bertz CT molecular complexity index is 497. The van der Waals surface area contributed by atoms with Crippen LogP contribution in [-0.4, -0.2) is 51.6 Å². The van der Waals surface area contributed by atoms with Gasteiger partial charge in [-0.2, -0.15) is 5.26 Å². The maximum Gasteiger partial charge on any atom is 0.245 e. The van der Waals surface area contributed by atoms with Gasteiger partial charge in [0, 0.05) is 25.5 Å². The van der Waals surface area contributed by atoms with E-state index in [1.54, 1.807) is 4.90 Å². The number of carbonyl (C=O) groups is 1. The van der Waals surface area contributed by atoms with Crippen LogP contribution in [0.1, 0.15) is 18.5 Å². The highest BCUT2D eigenvalue weighted by Crippen LogP contribution is 2.17. The van der Waals surface area contributed by atoms with Crippen molar-refractivity contribution in [3.05, 3.63) is 18.1 Å². The van der Waals surface area contributed by atoms with Crippen molar-refractivity contribution in [3.8, 4) is 6.07 Å². The van der Waals surface area contributed by atoms with E-state index in [0.717, 1.165) is 6.42 Å². The van der Waals surface area contributed by atoms with E-state index in [0.29, 0.717) is 25.3 Å². The standard InChI is InChI=1S/C12H15N5O2/c13-8-10-11(15-4-3-14-10)16-9-2-1-5-17(6-7-18)12(9)19/h3-4,9,18H,1-2,5-7H2,(H,15,16)/t9-/m0/s1. The number of hydrogen-bond donors (Lipinski definition) is 2. The fourth-order valence-electron chi connectivity index (χ4n) is 2.11. The fraction of sp³-hybridized carbons (Fsp3) is 0.500. The molecular weight excluding hydrogens is 246 g/mol. The molecule has 19 heavy (non-hydrogen) atoms. The second-order valence-electron chi connectivity index (χ2n) is 4.25. The average molecular weight is 261 g/mol. The third-order valence-electron chi connectivity index (χ3n) is 3.02. The number of nitrogens with zero attached hydrogens (tertiary/aromatic N) is 4. The van der Waals surface area contributed by atoms with E-state index < -0.39 is 6.04 Å². The van der Waals surface area contributed by atoms with Gasteiger partial charge in [0.2, 0.25) is 5.91 Å². The Morgan fingerprint density at radius 3 is 3.05 bits per heavy atom. The Kier molecular flexibility index (Phi) is 4.26. The molecule has 1 aliphatic rings. The number of piperidine rings is 1. The van der Waals surface area contributed by atoms with Gasteiger partial charge in [0.1, 0.15) is 12.1 Å². The lowest BCUT2D eigenvalue weighted by Gasteiger charge is -2.32. The van der Waals surface area contributed by atoms with Gasteiger partial charge < -0.3 is 15.3 Å². The number of rotatable bonds is 4. The van der Waals surface area contributed by atoms with E-state index in [-0.39, 0.29) is 18.2 Å². The Morgan fingerprint density at radius 1 is 1.53 bits per heavy atom. The van der Waals surface area contributed by atoms with Crippen LogP contribution < -0.4 is 5.32 Å². The Hall–Kier alpha value is -2.20. The Labute approximate surface area is 110 Å². The number of likely N-dealkylation sites (tertiary alicyclic amines) is 1. The summed E-state index contributed by atoms with van der Waals surface area (Å²) in [5.41, 5.74) is 0.176. The summed E-state index contributed by atoms with van der Waals surface area (Å²) < 4.78 is 0. The van der Waals surface area contributed by atoms with Gasteiger partial charge in [-0.15, -0.1) is 0 Å². The molecule has 0 radical (unpaired) electrons. The number of nitrogens with one attached hydrogen (secondary N) is 1. The lowest BCUT2D eigenvalue weighted by atomic mass is 10.0. The van der Waals surface area contributed by atoms with Crippen molar-refractivity contribution in [1.29, 1.82) is 5.26 Å². The minimum Gasteiger partial charge on any atom is -0.395 e. The number of carbonyl (C=O) groups excluding carboxylic acids is 1. The minimum atomic E-state index is -0.413. The predicted octanol–water partition coefficient (Wildman–Crippen LogP) is -0.257. The smallest absolute Gasteiger partial charge is 0.245 e. The second-order valence-corrected chi connectivity index (χ2v) is 4.25. The van der Waals surface area contributed by atoms with E-state index in [1.807, 2.05) is 6.07 Å². The molecule has 0 unspecified atom stereocenters. The number of amides is 1. The van der Waals surface area contributed by atoms with Gasteiger partial charge in [-0.05, 0) is 12.8 Å². The summed E-state index contributed by atoms with van der Waals surface area (Å²) in [5, 5.41) is 20.8. The van der Waals surface area contributed by atoms with Crippen molar-refractivity contribution in [2.24, 2.45) is 0 Å².